The maximum Gasteiger partial charge on any atom is 0.146 e. The molecule has 0 aromatic heterocycles. The predicted octanol–water partition coefficient (Wildman–Crippen LogP) is 3.53. The molecule has 0 heterocycles. The normalized spacial score (nSPS) is 9.28. The van der Waals surface area contributed by atoms with E-state index in [4.69, 9.17) is 15.3 Å². The van der Waals surface area contributed by atoms with Gasteiger partial charge in [0.05, 0.1) is 5.56 Å². The lowest BCUT2D eigenvalue weighted by molar-refractivity contribution is 0.477. The van der Waals surface area contributed by atoms with Crippen molar-refractivity contribution in [3.05, 3.63) is 59.2 Å². The van der Waals surface area contributed by atoms with Crippen molar-refractivity contribution < 1.29 is 4.74 Å². The van der Waals surface area contributed by atoms with Crippen molar-refractivity contribution in [3.8, 4) is 23.6 Å². The predicted molar refractivity (Wildman–Crippen MR) is 67.1 cm³/mol. The molecule has 0 N–H and O–H groups in total. The smallest absolute Gasteiger partial charge is 0.146 e. The summed E-state index contributed by atoms with van der Waals surface area (Å²) in [6.45, 7) is 1.93. The summed E-state index contributed by atoms with van der Waals surface area (Å²) in [5.74, 6) is 1.09. The van der Waals surface area contributed by atoms with E-state index in [9.17, 15) is 0 Å². The Morgan fingerprint density at radius 3 is 2.28 bits per heavy atom. The van der Waals surface area contributed by atoms with Gasteiger partial charge in [0, 0.05) is 0 Å². The van der Waals surface area contributed by atoms with E-state index in [-0.39, 0.29) is 5.56 Å². The number of para-hydroxylation sites is 1. The lowest BCUT2D eigenvalue weighted by atomic mass is 10.1. The fraction of sp³-hybridized carbons (Fsp3) is 0.0667. The van der Waals surface area contributed by atoms with Gasteiger partial charge in [-0.2, -0.15) is 10.5 Å². The first-order valence-corrected chi connectivity index (χ1v) is 5.43. The van der Waals surface area contributed by atoms with Crippen molar-refractivity contribution in [1.29, 1.82) is 10.5 Å². The Hall–Kier alpha value is -2.78. The van der Waals surface area contributed by atoms with E-state index in [2.05, 4.69) is 0 Å². The van der Waals surface area contributed by atoms with Gasteiger partial charge in [-0.3, -0.25) is 0 Å². The van der Waals surface area contributed by atoms with Gasteiger partial charge in [0.1, 0.15) is 29.2 Å². The van der Waals surface area contributed by atoms with Crippen LogP contribution in [0, 0.1) is 29.6 Å². The van der Waals surface area contributed by atoms with E-state index in [0.29, 0.717) is 17.1 Å². The van der Waals surface area contributed by atoms with Gasteiger partial charge in [0.25, 0.3) is 0 Å². The van der Waals surface area contributed by atoms with Crippen LogP contribution in [-0.2, 0) is 0 Å². The van der Waals surface area contributed by atoms with Gasteiger partial charge >= 0.3 is 0 Å². The lowest BCUT2D eigenvalue weighted by Gasteiger charge is -2.10. The summed E-state index contributed by atoms with van der Waals surface area (Å²) < 4.78 is 5.70. The van der Waals surface area contributed by atoms with Crippen LogP contribution in [0.5, 0.6) is 11.5 Å². The van der Waals surface area contributed by atoms with Crippen molar-refractivity contribution in [2.45, 2.75) is 6.92 Å². The van der Waals surface area contributed by atoms with Gasteiger partial charge in [-0.15, -0.1) is 0 Å². The minimum Gasteiger partial charge on any atom is -0.456 e. The molecule has 2 aromatic rings. The maximum absolute atomic E-state index is 9.10. The van der Waals surface area contributed by atoms with Crippen LogP contribution in [0.4, 0.5) is 0 Å². The Balaban J connectivity index is 2.46. The van der Waals surface area contributed by atoms with E-state index in [0.717, 1.165) is 5.56 Å². The molecular formula is C15H10N2O. The summed E-state index contributed by atoms with van der Waals surface area (Å²) in [6.07, 6.45) is 0. The van der Waals surface area contributed by atoms with Crippen LogP contribution in [0.3, 0.4) is 0 Å². The summed E-state index contributed by atoms with van der Waals surface area (Å²) in [5, 5.41) is 18.0. The number of aryl methyl sites for hydroxylation is 1. The fourth-order valence-electron chi connectivity index (χ4n) is 1.61. The van der Waals surface area contributed by atoms with E-state index >= 15 is 0 Å². The second kappa shape index (κ2) is 5.03. The zero-order valence-corrected chi connectivity index (χ0v) is 9.84. The number of benzene rings is 2. The third-order valence-electron chi connectivity index (χ3n) is 2.57. The van der Waals surface area contributed by atoms with Crippen molar-refractivity contribution in [3.63, 3.8) is 0 Å². The first-order valence-electron chi connectivity index (χ1n) is 5.43. The average molecular weight is 234 g/mol. The Bertz CT molecular complexity index is 663. The van der Waals surface area contributed by atoms with E-state index in [1.165, 1.54) is 0 Å². The molecule has 0 aliphatic heterocycles. The lowest BCUT2D eigenvalue weighted by Crippen LogP contribution is -1.92. The van der Waals surface area contributed by atoms with Crippen LogP contribution in [-0.4, -0.2) is 0 Å². The van der Waals surface area contributed by atoms with E-state index < -0.39 is 0 Å². The molecule has 0 fully saturated rings. The second-order valence-corrected chi connectivity index (χ2v) is 3.77. The number of rotatable bonds is 2. The topological polar surface area (TPSA) is 56.8 Å². The average Bonchev–Trinajstić information content (AvgIpc) is 2.41. The zero-order valence-electron chi connectivity index (χ0n) is 9.84. The summed E-state index contributed by atoms with van der Waals surface area (Å²) in [6, 6.07) is 16.5. The Labute approximate surface area is 105 Å². The molecule has 0 atom stereocenters. The van der Waals surface area contributed by atoms with Crippen molar-refractivity contribution in [2.75, 3.05) is 0 Å². The molecule has 0 aliphatic carbocycles. The van der Waals surface area contributed by atoms with Crippen molar-refractivity contribution >= 4 is 0 Å². The largest absolute Gasteiger partial charge is 0.456 e. The third kappa shape index (κ3) is 2.16. The van der Waals surface area contributed by atoms with E-state index in [1.54, 1.807) is 18.2 Å². The highest BCUT2D eigenvalue weighted by molar-refractivity contribution is 5.55. The van der Waals surface area contributed by atoms with Gasteiger partial charge < -0.3 is 4.74 Å². The van der Waals surface area contributed by atoms with Crippen molar-refractivity contribution in [1.82, 2.24) is 0 Å². The number of hydrogen-bond donors (Lipinski definition) is 0. The molecule has 0 amide bonds. The van der Waals surface area contributed by atoms with Gasteiger partial charge in [0.15, 0.2) is 0 Å². The number of nitriles is 2. The van der Waals surface area contributed by atoms with Gasteiger partial charge in [-0.25, -0.2) is 0 Å². The molecule has 2 rings (SSSR count). The zero-order chi connectivity index (χ0) is 13.0. The minimum atomic E-state index is 0.267. The van der Waals surface area contributed by atoms with Crippen LogP contribution in [0.1, 0.15) is 16.7 Å². The molecule has 3 nitrogen and oxygen atoms in total. The molecule has 18 heavy (non-hydrogen) atoms. The summed E-state index contributed by atoms with van der Waals surface area (Å²) in [7, 11) is 0. The Kier molecular flexibility index (Phi) is 3.27. The molecule has 0 aliphatic rings. The molecule has 0 unspecified atom stereocenters. The highest BCUT2D eigenvalue weighted by Gasteiger charge is 2.10. The van der Waals surface area contributed by atoms with Crippen LogP contribution >= 0.6 is 0 Å². The second-order valence-electron chi connectivity index (χ2n) is 3.77. The summed E-state index contributed by atoms with van der Waals surface area (Å²) in [5.41, 5.74) is 1.57. The summed E-state index contributed by atoms with van der Waals surface area (Å²) >= 11 is 0. The Morgan fingerprint density at radius 1 is 0.889 bits per heavy atom. The third-order valence-corrected chi connectivity index (χ3v) is 2.57. The molecule has 2 aromatic carbocycles. The monoisotopic (exact) mass is 234 g/mol. The fourth-order valence-corrected chi connectivity index (χ4v) is 1.61. The highest BCUT2D eigenvalue weighted by atomic mass is 16.5. The molecular weight excluding hydrogens is 224 g/mol. The van der Waals surface area contributed by atoms with Gasteiger partial charge in [0.2, 0.25) is 0 Å². The number of hydrogen-bond acceptors (Lipinski definition) is 3. The van der Waals surface area contributed by atoms with E-state index in [1.807, 2.05) is 43.3 Å². The van der Waals surface area contributed by atoms with Crippen LogP contribution < -0.4 is 4.74 Å². The van der Waals surface area contributed by atoms with Gasteiger partial charge in [-0.1, -0.05) is 24.3 Å². The molecule has 0 bridgehead atoms. The molecule has 0 spiro atoms. The van der Waals surface area contributed by atoms with Crippen LogP contribution in [0.15, 0.2) is 42.5 Å². The molecule has 0 saturated heterocycles. The quantitative estimate of drug-likeness (QED) is 0.798. The molecule has 0 saturated carbocycles. The maximum atomic E-state index is 9.10. The van der Waals surface area contributed by atoms with Crippen molar-refractivity contribution in [2.24, 2.45) is 0 Å². The van der Waals surface area contributed by atoms with Crippen LogP contribution in [0.2, 0.25) is 0 Å². The minimum absolute atomic E-state index is 0.267. The highest BCUT2D eigenvalue weighted by Crippen LogP contribution is 2.28. The Morgan fingerprint density at radius 2 is 1.61 bits per heavy atom. The SMILES string of the molecule is Cc1ccccc1Oc1cccc(C#N)c1C#N. The number of ether oxygens (including phenoxy) is 1. The first kappa shape index (κ1) is 11.7. The first-order chi connectivity index (χ1) is 8.76. The van der Waals surface area contributed by atoms with Gasteiger partial charge in [-0.05, 0) is 30.7 Å². The molecule has 3 heteroatoms. The molecule has 86 valence electrons. The standard InChI is InChI=1S/C15H10N2O/c1-11-5-2-3-7-14(11)18-15-8-4-6-12(9-16)13(15)10-17/h2-8H,1H3. The van der Waals surface area contributed by atoms with Crippen LogP contribution in [0.25, 0.3) is 0 Å². The summed E-state index contributed by atoms with van der Waals surface area (Å²) in [4.78, 5) is 0. The molecule has 0 radical (unpaired) electrons. The number of nitrogens with zero attached hydrogens (tertiary/aromatic N) is 2.